The Bertz CT molecular complexity index is 887. The van der Waals surface area contributed by atoms with Gasteiger partial charge in [-0.3, -0.25) is 0 Å². The largest absolute Gasteiger partial charge is 0.508 e. The predicted octanol–water partition coefficient (Wildman–Crippen LogP) is 4.88. The fourth-order valence-electron chi connectivity index (χ4n) is 5.06. The number of hydrogen-bond donors (Lipinski definition) is 2. The van der Waals surface area contributed by atoms with Crippen molar-refractivity contribution < 1.29 is 15.1 Å². The second-order valence-electron chi connectivity index (χ2n) is 8.02. The second kappa shape index (κ2) is 7.70. The molecular formula is C24H27NO3. The molecule has 0 unspecified atom stereocenters. The van der Waals surface area contributed by atoms with Crippen LogP contribution in [0.15, 0.2) is 60.3 Å². The Morgan fingerprint density at radius 1 is 1.11 bits per heavy atom. The van der Waals surface area contributed by atoms with Gasteiger partial charge in [0.2, 0.25) is 0 Å². The van der Waals surface area contributed by atoms with Crippen molar-refractivity contribution in [3.63, 3.8) is 0 Å². The maximum absolute atomic E-state index is 9.98. The molecule has 0 amide bonds. The van der Waals surface area contributed by atoms with E-state index in [-0.39, 0.29) is 5.41 Å². The molecule has 2 aliphatic rings. The molecule has 0 aromatic heterocycles. The number of aromatic hydroxyl groups is 2. The molecule has 0 saturated heterocycles. The van der Waals surface area contributed by atoms with Crippen molar-refractivity contribution in [2.75, 3.05) is 6.61 Å². The van der Waals surface area contributed by atoms with Crippen LogP contribution in [0.3, 0.4) is 0 Å². The Hall–Kier alpha value is -2.75. The maximum atomic E-state index is 9.98. The third kappa shape index (κ3) is 3.51. The summed E-state index contributed by atoms with van der Waals surface area (Å²) in [5.41, 5.74) is 5.01. The molecule has 28 heavy (non-hydrogen) atoms. The molecule has 1 fully saturated rings. The number of hydrogen-bond acceptors (Lipinski definition) is 4. The fourth-order valence-corrected chi connectivity index (χ4v) is 5.06. The molecule has 4 nitrogen and oxygen atoms in total. The molecular weight excluding hydrogens is 350 g/mol. The summed E-state index contributed by atoms with van der Waals surface area (Å²) in [5, 5.41) is 24.0. The van der Waals surface area contributed by atoms with Gasteiger partial charge in [-0.15, -0.1) is 0 Å². The fraction of sp³-hybridized carbons (Fsp3) is 0.375. The van der Waals surface area contributed by atoms with Crippen molar-refractivity contribution >= 4 is 5.71 Å². The number of benzene rings is 2. The zero-order chi connectivity index (χ0) is 19.6. The number of aryl methyl sites for hydroxylation is 1. The highest BCUT2D eigenvalue weighted by Gasteiger charge is 2.47. The average Bonchev–Trinajstić information content (AvgIpc) is 2.70. The summed E-state index contributed by atoms with van der Waals surface area (Å²) in [6, 6.07) is 13.4. The Kier molecular flexibility index (Phi) is 5.12. The van der Waals surface area contributed by atoms with Gasteiger partial charge in [-0.1, -0.05) is 36.0 Å². The van der Waals surface area contributed by atoms with E-state index in [0.717, 1.165) is 44.2 Å². The number of oxime groups is 1. The van der Waals surface area contributed by atoms with Crippen molar-refractivity contribution in [2.24, 2.45) is 11.1 Å². The molecule has 2 aromatic carbocycles. The molecule has 2 N–H and O–H groups in total. The normalized spacial score (nSPS) is 25.0. The van der Waals surface area contributed by atoms with Crippen LogP contribution in [0.25, 0.3) is 0 Å². The molecule has 0 aliphatic heterocycles. The second-order valence-corrected chi connectivity index (χ2v) is 8.02. The van der Waals surface area contributed by atoms with Crippen molar-refractivity contribution in [1.29, 1.82) is 0 Å². The zero-order valence-electron chi connectivity index (χ0n) is 16.1. The highest BCUT2D eigenvalue weighted by atomic mass is 16.6. The van der Waals surface area contributed by atoms with Crippen molar-refractivity contribution in [3.8, 4) is 11.5 Å². The lowest BCUT2D eigenvalue weighted by molar-refractivity contribution is 0.162. The van der Waals surface area contributed by atoms with Crippen LogP contribution in [0.2, 0.25) is 0 Å². The highest BCUT2D eigenvalue weighted by molar-refractivity contribution is 5.85. The Balaban J connectivity index is 1.70. The van der Waals surface area contributed by atoms with E-state index in [4.69, 9.17) is 4.84 Å². The lowest BCUT2D eigenvalue weighted by Crippen LogP contribution is -2.46. The van der Waals surface area contributed by atoms with Gasteiger partial charge in [-0.2, -0.15) is 0 Å². The summed E-state index contributed by atoms with van der Waals surface area (Å²) in [4.78, 5) is 5.36. The third-order valence-electron chi connectivity index (χ3n) is 6.35. The first kappa shape index (κ1) is 18.6. The molecule has 2 atom stereocenters. The van der Waals surface area contributed by atoms with Gasteiger partial charge in [0.05, 0.1) is 5.71 Å². The van der Waals surface area contributed by atoms with Gasteiger partial charge >= 0.3 is 0 Å². The van der Waals surface area contributed by atoms with Gasteiger partial charge in [0.25, 0.3) is 0 Å². The molecule has 4 heteroatoms. The highest BCUT2D eigenvalue weighted by Crippen LogP contribution is 2.52. The lowest BCUT2D eigenvalue weighted by Gasteiger charge is -2.49. The third-order valence-corrected chi connectivity index (χ3v) is 6.35. The van der Waals surface area contributed by atoms with Crippen LogP contribution in [0.1, 0.15) is 42.4 Å². The summed E-state index contributed by atoms with van der Waals surface area (Å²) in [6.45, 7) is 4.11. The van der Waals surface area contributed by atoms with E-state index in [2.05, 4.69) is 17.8 Å². The molecule has 0 spiro atoms. The Labute approximate surface area is 166 Å². The number of phenols is 2. The molecule has 4 rings (SSSR count). The summed E-state index contributed by atoms with van der Waals surface area (Å²) >= 11 is 0. The van der Waals surface area contributed by atoms with E-state index >= 15 is 0 Å². The van der Waals surface area contributed by atoms with Crippen molar-refractivity contribution in [1.82, 2.24) is 0 Å². The zero-order valence-corrected chi connectivity index (χ0v) is 16.1. The standard InChI is InChI=1S/C24H27NO3/c1-2-13-28-25-20-11-12-24(16-17-3-7-21(26)8-4-17)19(15-20)6-5-18-14-22(27)9-10-23(18)24/h2-4,7-10,14,19,26-27H,1,5-6,11-13,15-16H2/t19-,24-/m0/s1. The monoisotopic (exact) mass is 377 g/mol. The first-order valence-corrected chi connectivity index (χ1v) is 9.99. The summed E-state index contributed by atoms with van der Waals surface area (Å²) in [7, 11) is 0. The van der Waals surface area contributed by atoms with Crippen LogP contribution >= 0.6 is 0 Å². The number of nitrogens with zero attached hydrogens (tertiary/aromatic N) is 1. The van der Waals surface area contributed by atoms with Gasteiger partial charge in [0.1, 0.15) is 18.1 Å². The van der Waals surface area contributed by atoms with Crippen molar-refractivity contribution in [2.45, 2.75) is 43.9 Å². The van der Waals surface area contributed by atoms with E-state index < -0.39 is 0 Å². The minimum atomic E-state index is 0.0235. The number of rotatable bonds is 5. The topological polar surface area (TPSA) is 62.0 Å². The van der Waals surface area contributed by atoms with Crippen molar-refractivity contribution in [3.05, 3.63) is 71.8 Å². The van der Waals surface area contributed by atoms with E-state index in [1.54, 1.807) is 18.2 Å². The average molecular weight is 377 g/mol. The van der Waals surface area contributed by atoms with Crippen LogP contribution in [-0.4, -0.2) is 22.5 Å². The molecule has 0 bridgehead atoms. The minimum absolute atomic E-state index is 0.0235. The van der Waals surface area contributed by atoms with Gasteiger partial charge in [0, 0.05) is 5.41 Å². The van der Waals surface area contributed by atoms with Crippen LogP contribution < -0.4 is 0 Å². The van der Waals surface area contributed by atoms with Crippen LogP contribution in [-0.2, 0) is 23.1 Å². The van der Waals surface area contributed by atoms with E-state index in [1.165, 1.54) is 16.7 Å². The summed E-state index contributed by atoms with van der Waals surface area (Å²) in [5.74, 6) is 1.12. The predicted molar refractivity (Wildman–Crippen MR) is 111 cm³/mol. The molecule has 0 radical (unpaired) electrons. The van der Waals surface area contributed by atoms with E-state index in [0.29, 0.717) is 24.0 Å². The van der Waals surface area contributed by atoms with Gasteiger partial charge in [-0.25, -0.2) is 0 Å². The smallest absolute Gasteiger partial charge is 0.135 e. The summed E-state index contributed by atoms with van der Waals surface area (Å²) < 4.78 is 0. The minimum Gasteiger partial charge on any atom is -0.508 e. The quantitative estimate of drug-likeness (QED) is 0.443. The first-order valence-electron chi connectivity index (χ1n) is 9.99. The first-order chi connectivity index (χ1) is 13.6. The Morgan fingerprint density at radius 2 is 1.89 bits per heavy atom. The van der Waals surface area contributed by atoms with Gasteiger partial charge < -0.3 is 15.1 Å². The SMILES string of the molecule is C=CCON=C1CC[C@@]2(Cc3ccc(O)cc3)c3ccc(O)cc3CC[C@H]2C1. The Morgan fingerprint density at radius 3 is 2.68 bits per heavy atom. The molecule has 1 saturated carbocycles. The molecule has 2 aromatic rings. The van der Waals surface area contributed by atoms with Gasteiger partial charge in [-0.05, 0) is 85.4 Å². The number of fused-ring (bicyclic) bond motifs is 3. The summed E-state index contributed by atoms with van der Waals surface area (Å²) in [6.07, 6.45) is 7.55. The van der Waals surface area contributed by atoms with Crippen LogP contribution in [0.5, 0.6) is 11.5 Å². The van der Waals surface area contributed by atoms with Gasteiger partial charge in [0.15, 0.2) is 0 Å². The molecule has 0 heterocycles. The van der Waals surface area contributed by atoms with E-state index in [1.807, 2.05) is 24.3 Å². The lowest BCUT2D eigenvalue weighted by atomic mass is 9.55. The van der Waals surface area contributed by atoms with Crippen LogP contribution in [0, 0.1) is 5.92 Å². The maximum Gasteiger partial charge on any atom is 0.135 e. The molecule has 2 aliphatic carbocycles. The van der Waals surface area contributed by atoms with Crippen LogP contribution in [0.4, 0.5) is 0 Å². The number of phenolic OH excluding ortho intramolecular Hbond substituents is 2. The molecule has 146 valence electrons. The van der Waals surface area contributed by atoms with E-state index in [9.17, 15) is 10.2 Å².